The van der Waals surface area contributed by atoms with Gasteiger partial charge in [-0.25, -0.2) is 0 Å². The van der Waals surface area contributed by atoms with E-state index in [4.69, 9.17) is 5.41 Å². The van der Waals surface area contributed by atoms with Crippen molar-refractivity contribution in [2.75, 3.05) is 0 Å². The monoisotopic (exact) mass is 321 g/mol. The van der Waals surface area contributed by atoms with Crippen LogP contribution in [-0.4, -0.2) is 20.7 Å². The Kier molecular flexibility index (Phi) is 4.10. The fraction of sp³-hybridized carbons (Fsp3) is 0.105. The van der Waals surface area contributed by atoms with E-state index in [9.17, 15) is 10.3 Å². The summed E-state index contributed by atoms with van der Waals surface area (Å²) in [4.78, 5) is 0. The van der Waals surface area contributed by atoms with Crippen molar-refractivity contribution in [1.29, 1.82) is 5.41 Å². The van der Waals surface area contributed by atoms with Crippen LogP contribution in [0, 0.1) is 5.41 Å². The average Bonchev–Trinajstić information content (AvgIpc) is 2.96. The molecule has 0 aliphatic heterocycles. The number of rotatable bonds is 3. The molecule has 1 heterocycles. The van der Waals surface area contributed by atoms with Gasteiger partial charge in [0.25, 0.3) is 0 Å². The number of hydrogen-bond acceptors (Lipinski definition) is 3. The lowest BCUT2D eigenvalue weighted by molar-refractivity contribution is 0.234. The zero-order valence-corrected chi connectivity index (χ0v) is 13.5. The molecule has 3 aromatic rings. The molecule has 0 amide bonds. The molecule has 0 saturated carbocycles. The predicted octanol–water partition coefficient (Wildman–Crippen LogP) is 4.06. The molecule has 3 rings (SSSR count). The fourth-order valence-electron chi connectivity index (χ4n) is 2.93. The van der Waals surface area contributed by atoms with Gasteiger partial charge in [-0.3, -0.25) is 16.1 Å². The van der Waals surface area contributed by atoms with Gasteiger partial charge in [0.05, 0.1) is 16.8 Å². The van der Waals surface area contributed by atoms with Crippen molar-refractivity contribution < 1.29 is 10.3 Å². The summed E-state index contributed by atoms with van der Waals surface area (Å²) in [7, 11) is 0. The maximum atomic E-state index is 9.58. The summed E-state index contributed by atoms with van der Waals surface area (Å²) in [5.74, 6) is 0.143. The molecule has 0 aliphatic rings. The number of phenols is 1. The Morgan fingerprint density at radius 1 is 1.12 bits per heavy atom. The standard InChI is InChI=1S/C19H19N3O2/c1-3-12(2)18-17(19(20)21-24)15-6-4-5-7-16(15)22(18)13-8-10-14(23)11-9-13/h3-11,23-24H,1-2H3,(H2,20,21)/b12-3-. The number of fused-ring (bicyclic) bond motifs is 1. The van der Waals surface area contributed by atoms with E-state index >= 15 is 0 Å². The van der Waals surface area contributed by atoms with Crippen LogP contribution in [0.5, 0.6) is 5.75 Å². The van der Waals surface area contributed by atoms with Gasteiger partial charge in [0.2, 0.25) is 0 Å². The smallest absolute Gasteiger partial charge is 0.152 e. The molecule has 4 N–H and O–H groups in total. The number of hydrogen-bond donors (Lipinski definition) is 4. The third-order valence-corrected chi connectivity index (χ3v) is 4.15. The van der Waals surface area contributed by atoms with Gasteiger partial charge in [-0.05, 0) is 49.8 Å². The molecule has 0 atom stereocenters. The first kappa shape index (κ1) is 15.8. The molecule has 0 radical (unpaired) electrons. The van der Waals surface area contributed by atoms with E-state index in [1.54, 1.807) is 12.1 Å². The van der Waals surface area contributed by atoms with Crippen LogP contribution >= 0.6 is 0 Å². The van der Waals surface area contributed by atoms with E-state index in [1.165, 1.54) is 0 Å². The number of hydroxylamine groups is 1. The van der Waals surface area contributed by atoms with E-state index < -0.39 is 0 Å². The average molecular weight is 321 g/mol. The van der Waals surface area contributed by atoms with E-state index in [2.05, 4.69) is 0 Å². The summed E-state index contributed by atoms with van der Waals surface area (Å²) in [5, 5.41) is 27.9. The lowest BCUT2D eigenvalue weighted by Crippen LogP contribution is -2.20. The number of phenolic OH excluding ortho intramolecular Hbond substituents is 1. The lowest BCUT2D eigenvalue weighted by atomic mass is 10.1. The Morgan fingerprint density at radius 3 is 2.42 bits per heavy atom. The second kappa shape index (κ2) is 6.22. The van der Waals surface area contributed by atoms with E-state index in [1.807, 2.05) is 66.4 Å². The summed E-state index contributed by atoms with van der Waals surface area (Å²) < 4.78 is 2.03. The zero-order chi connectivity index (χ0) is 17.3. The van der Waals surface area contributed by atoms with Crippen molar-refractivity contribution >= 4 is 22.3 Å². The number of benzene rings is 2. The molecular formula is C19H19N3O2. The van der Waals surface area contributed by atoms with Crippen molar-refractivity contribution in [3.63, 3.8) is 0 Å². The minimum absolute atomic E-state index is 0.0556. The predicted molar refractivity (Wildman–Crippen MR) is 96.0 cm³/mol. The highest BCUT2D eigenvalue weighted by Crippen LogP contribution is 2.34. The maximum Gasteiger partial charge on any atom is 0.152 e. The Hall–Kier alpha value is -3.05. The molecule has 0 fully saturated rings. The first-order chi connectivity index (χ1) is 11.6. The third-order valence-electron chi connectivity index (χ3n) is 4.15. The van der Waals surface area contributed by atoms with Gasteiger partial charge in [0.1, 0.15) is 5.75 Å². The lowest BCUT2D eigenvalue weighted by Gasteiger charge is -2.13. The van der Waals surface area contributed by atoms with Crippen LogP contribution in [0.3, 0.4) is 0 Å². The Bertz CT molecular complexity index is 937. The maximum absolute atomic E-state index is 9.58. The van der Waals surface area contributed by atoms with Crippen LogP contribution in [0.15, 0.2) is 54.6 Å². The summed E-state index contributed by atoms with van der Waals surface area (Å²) in [6.45, 7) is 3.91. The van der Waals surface area contributed by atoms with E-state index in [-0.39, 0.29) is 11.6 Å². The normalized spacial score (nSPS) is 11.7. The molecule has 5 nitrogen and oxygen atoms in total. The molecule has 24 heavy (non-hydrogen) atoms. The van der Waals surface area contributed by atoms with Crippen molar-refractivity contribution in [2.24, 2.45) is 0 Å². The SMILES string of the molecule is C/C=C(/C)c1c(C(=N)NO)c2ccccc2n1-c1ccc(O)cc1. The van der Waals surface area contributed by atoms with E-state index in [0.29, 0.717) is 5.56 Å². The molecule has 122 valence electrons. The quantitative estimate of drug-likeness (QED) is 0.333. The van der Waals surface area contributed by atoms with Crippen LogP contribution in [0.2, 0.25) is 0 Å². The number of amidine groups is 1. The number of allylic oxidation sites excluding steroid dienone is 2. The first-order valence-corrected chi connectivity index (χ1v) is 7.63. The van der Waals surface area contributed by atoms with Crippen molar-refractivity contribution in [1.82, 2.24) is 10.0 Å². The molecule has 0 unspecified atom stereocenters. The van der Waals surface area contributed by atoms with Gasteiger partial charge in [-0.2, -0.15) is 0 Å². The van der Waals surface area contributed by atoms with Crippen molar-refractivity contribution in [2.45, 2.75) is 13.8 Å². The van der Waals surface area contributed by atoms with Crippen LogP contribution < -0.4 is 5.48 Å². The van der Waals surface area contributed by atoms with Crippen LogP contribution in [0.1, 0.15) is 25.1 Å². The van der Waals surface area contributed by atoms with Gasteiger partial charge >= 0.3 is 0 Å². The zero-order valence-electron chi connectivity index (χ0n) is 13.5. The summed E-state index contributed by atoms with van der Waals surface area (Å²) >= 11 is 0. The van der Waals surface area contributed by atoms with Crippen molar-refractivity contribution in [3.05, 3.63) is 65.9 Å². The number of nitrogens with zero attached hydrogens (tertiary/aromatic N) is 1. The minimum atomic E-state index is -0.0556. The second-order valence-electron chi connectivity index (χ2n) is 5.55. The van der Waals surface area contributed by atoms with Gasteiger partial charge in [0.15, 0.2) is 5.84 Å². The first-order valence-electron chi connectivity index (χ1n) is 7.63. The van der Waals surface area contributed by atoms with Crippen LogP contribution in [0.4, 0.5) is 0 Å². The molecule has 0 bridgehead atoms. The Labute approximate surface area is 140 Å². The summed E-state index contributed by atoms with van der Waals surface area (Å²) in [6, 6.07) is 14.7. The summed E-state index contributed by atoms with van der Waals surface area (Å²) in [6.07, 6.45) is 1.97. The highest BCUT2D eigenvalue weighted by Gasteiger charge is 2.21. The summed E-state index contributed by atoms with van der Waals surface area (Å²) in [5.41, 5.74) is 6.21. The van der Waals surface area contributed by atoms with Crippen LogP contribution in [-0.2, 0) is 0 Å². The number of para-hydroxylation sites is 1. The van der Waals surface area contributed by atoms with Gasteiger partial charge in [-0.1, -0.05) is 24.3 Å². The molecule has 5 heteroatoms. The fourth-order valence-corrected chi connectivity index (χ4v) is 2.93. The number of aromatic nitrogens is 1. The van der Waals surface area contributed by atoms with Gasteiger partial charge in [0, 0.05) is 11.1 Å². The Morgan fingerprint density at radius 2 is 1.79 bits per heavy atom. The molecule has 2 aromatic carbocycles. The van der Waals surface area contributed by atoms with Gasteiger partial charge in [-0.15, -0.1) is 0 Å². The minimum Gasteiger partial charge on any atom is -0.508 e. The molecular weight excluding hydrogens is 302 g/mol. The number of aromatic hydroxyl groups is 1. The van der Waals surface area contributed by atoms with Gasteiger partial charge < -0.3 is 9.67 Å². The van der Waals surface area contributed by atoms with Crippen LogP contribution in [0.25, 0.3) is 22.2 Å². The van der Waals surface area contributed by atoms with E-state index in [0.717, 1.165) is 27.9 Å². The number of nitrogens with one attached hydrogen (secondary N) is 2. The topological polar surface area (TPSA) is 81.3 Å². The third kappa shape index (κ3) is 2.45. The molecule has 0 aliphatic carbocycles. The molecule has 0 spiro atoms. The van der Waals surface area contributed by atoms with Crippen molar-refractivity contribution in [3.8, 4) is 11.4 Å². The highest BCUT2D eigenvalue weighted by molar-refractivity contribution is 6.12. The highest BCUT2D eigenvalue weighted by atomic mass is 16.5. The molecule has 0 saturated heterocycles. The largest absolute Gasteiger partial charge is 0.508 e. The molecule has 1 aromatic heterocycles. The second-order valence-corrected chi connectivity index (χ2v) is 5.55. The Balaban J connectivity index is 2.47.